The molecular weight excluding hydrogens is 538 g/mol. The van der Waals surface area contributed by atoms with E-state index in [1.54, 1.807) is 18.2 Å². The van der Waals surface area contributed by atoms with E-state index in [2.05, 4.69) is 27.4 Å². The smallest absolute Gasteiger partial charge is 0.238 e. The van der Waals surface area contributed by atoms with Gasteiger partial charge in [-0.1, -0.05) is 55.5 Å². The predicted molar refractivity (Wildman–Crippen MR) is 151 cm³/mol. The third-order valence-electron chi connectivity index (χ3n) is 10.1. The van der Waals surface area contributed by atoms with Crippen LogP contribution in [0.1, 0.15) is 81.8 Å². The van der Waals surface area contributed by atoms with E-state index in [9.17, 15) is 9.59 Å². The van der Waals surface area contributed by atoms with Gasteiger partial charge in [-0.3, -0.25) is 14.5 Å². The van der Waals surface area contributed by atoms with Crippen LogP contribution in [0.3, 0.4) is 0 Å². The number of aromatic nitrogens is 1. The Morgan fingerprint density at radius 2 is 1.85 bits per heavy atom. The minimum Gasteiger partial charge on any atom is -0.352 e. The topological polar surface area (TPSA) is 74.3 Å². The molecule has 2 aliphatic heterocycles. The molecule has 3 heterocycles. The molecule has 9 heteroatoms. The van der Waals surface area contributed by atoms with Gasteiger partial charge in [0.1, 0.15) is 5.41 Å². The lowest BCUT2D eigenvalue weighted by molar-refractivity contribution is -0.128. The van der Waals surface area contributed by atoms with Crippen LogP contribution in [0, 0.1) is 11.7 Å². The first kappa shape index (κ1) is 27.0. The van der Waals surface area contributed by atoms with Gasteiger partial charge in [0.25, 0.3) is 0 Å². The molecule has 3 fully saturated rings. The minimum atomic E-state index is -1.21. The highest BCUT2D eigenvalue weighted by molar-refractivity contribution is 6.31. The summed E-state index contributed by atoms with van der Waals surface area (Å²) in [6.07, 6.45) is 9.77. The number of benzene rings is 1. The molecule has 6 nitrogen and oxygen atoms in total. The second kappa shape index (κ2) is 10.0. The van der Waals surface area contributed by atoms with Crippen molar-refractivity contribution in [2.24, 2.45) is 5.92 Å². The van der Waals surface area contributed by atoms with Crippen LogP contribution in [0.5, 0.6) is 0 Å². The van der Waals surface area contributed by atoms with Gasteiger partial charge in [0.15, 0.2) is 11.0 Å². The Bertz CT molecular complexity index is 1310. The van der Waals surface area contributed by atoms with Gasteiger partial charge in [-0.15, -0.1) is 0 Å². The molecule has 2 spiro atoms. The standard InChI is InChI=1S/C30H35Cl2FN4O2/c1-17-6-9-19(10-7-17)35-27(38)25-23(20-12-15-34-26(32)24(20)33)30(29(37(25)2)13-4-3-5-14-29)21-11-8-18(31)16-22(21)36-28(30)39/h8,11-12,15-17,19,23,25H,3-7,9-10,13-14H2,1-2H3,(H,35,38)(H,36,39)/t17?,19?,23-,25+,30+/m0/s1. The highest BCUT2D eigenvalue weighted by Gasteiger charge is 2.74. The zero-order valence-electron chi connectivity index (χ0n) is 22.4. The summed E-state index contributed by atoms with van der Waals surface area (Å²) in [6.45, 7) is 2.24. The maximum Gasteiger partial charge on any atom is 0.238 e. The molecule has 4 aliphatic rings. The number of likely N-dealkylation sites (tertiary alicyclic amines) is 1. The maximum atomic E-state index is 16.0. The number of halogens is 3. The number of hydrogen-bond donors (Lipinski definition) is 2. The third kappa shape index (κ3) is 3.94. The highest BCUT2D eigenvalue weighted by atomic mass is 35.5. The molecule has 3 atom stereocenters. The van der Waals surface area contributed by atoms with E-state index >= 15 is 4.39 Å². The van der Waals surface area contributed by atoms with Crippen molar-refractivity contribution in [3.8, 4) is 0 Å². The van der Waals surface area contributed by atoms with Crippen molar-refractivity contribution in [2.75, 3.05) is 12.4 Å². The average Bonchev–Trinajstić information content (AvgIpc) is 3.32. The molecule has 2 aromatic rings. The number of hydrogen-bond acceptors (Lipinski definition) is 4. The van der Waals surface area contributed by atoms with E-state index in [-0.39, 0.29) is 28.6 Å². The van der Waals surface area contributed by atoms with E-state index in [1.807, 2.05) is 13.1 Å². The van der Waals surface area contributed by atoms with Crippen molar-refractivity contribution in [1.82, 2.24) is 15.2 Å². The van der Waals surface area contributed by atoms with Crippen molar-refractivity contribution in [3.05, 3.63) is 57.6 Å². The first-order valence-corrected chi connectivity index (χ1v) is 14.9. The fourth-order valence-corrected chi connectivity index (χ4v) is 8.69. The van der Waals surface area contributed by atoms with Gasteiger partial charge in [0.2, 0.25) is 11.8 Å². The van der Waals surface area contributed by atoms with Crippen molar-refractivity contribution in [3.63, 3.8) is 0 Å². The van der Waals surface area contributed by atoms with Gasteiger partial charge in [-0.25, -0.2) is 9.37 Å². The summed E-state index contributed by atoms with van der Waals surface area (Å²) in [5, 5.41) is 6.65. The maximum absolute atomic E-state index is 16.0. The molecule has 1 aromatic heterocycles. The summed E-state index contributed by atoms with van der Waals surface area (Å²) in [7, 11) is 1.95. The zero-order chi connectivity index (χ0) is 27.5. The fourth-order valence-electron chi connectivity index (χ4n) is 8.35. The number of nitrogens with one attached hydrogen (secondary N) is 2. The molecule has 2 amide bonds. The van der Waals surface area contributed by atoms with Crippen LogP contribution in [0.4, 0.5) is 10.1 Å². The summed E-state index contributed by atoms with van der Waals surface area (Å²) in [6, 6.07) is 6.30. The minimum absolute atomic E-state index is 0.0657. The van der Waals surface area contributed by atoms with Crippen LogP contribution in [0.2, 0.25) is 10.2 Å². The van der Waals surface area contributed by atoms with Crippen molar-refractivity contribution >= 4 is 40.7 Å². The number of fused-ring (bicyclic) bond motifs is 3. The van der Waals surface area contributed by atoms with Crippen LogP contribution in [-0.4, -0.2) is 46.4 Å². The lowest BCUT2D eigenvalue weighted by Crippen LogP contribution is -2.60. The molecular formula is C30H35Cl2FN4O2. The summed E-state index contributed by atoms with van der Waals surface area (Å²) >= 11 is 12.6. The van der Waals surface area contributed by atoms with E-state index in [4.69, 9.17) is 23.2 Å². The Balaban J connectivity index is 1.57. The van der Waals surface area contributed by atoms with Gasteiger partial charge in [0.05, 0.1) is 6.04 Å². The number of rotatable bonds is 3. The van der Waals surface area contributed by atoms with Crippen LogP contribution in [0.15, 0.2) is 30.5 Å². The first-order valence-electron chi connectivity index (χ1n) is 14.2. The Kier molecular flexibility index (Phi) is 6.92. The number of carbonyl (C=O) groups is 2. The number of amides is 2. The average molecular weight is 574 g/mol. The normalized spacial score (nSPS) is 31.9. The molecule has 1 aromatic carbocycles. The molecule has 0 unspecified atom stereocenters. The molecule has 6 rings (SSSR count). The summed E-state index contributed by atoms with van der Waals surface area (Å²) in [5.74, 6) is -1.22. The molecule has 208 valence electrons. The van der Waals surface area contributed by atoms with Gasteiger partial charge in [-0.2, -0.15) is 0 Å². The number of pyridine rings is 1. The second-order valence-corrected chi connectivity index (χ2v) is 12.8. The molecule has 2 N–H and O–H groups in total. The highest BCUT2D eigenvalue weighted by Crippen LogP contribution is 2.66. The van der Waals surface area contributed by atoms with E-state index in [1.165, 1.54) is 6.20 Å². The third-order valence-corrected chi connectivity index (χ3v) is 10.6. The Hall–Kier alpha value is -2.22. The Morgan fingerprint density at radius 3 is 2.56 bits per heavy atom. The molecule has 39 heavy (non-hydrogen) atoms. The Morgan fingerprint density at radius 1 is 1.13 bits per heavy atom. The van der Waals surface area contributed by atoms with Crippen LogP contribution in [-0.2, 0) is 15.0 Å². The van der Waals surface area contributed by atoms with Gasteiger partial charge < -0.3 is 10.6 Å². The largest absolute Gasteiger partial charge is 0.352 e. The number of likely N-dealkylation sites (N-methyl/N-ethyl adjacent to an activating group) is 1. The SMILES string of the molecule is CC1CCC(NC(=O)[C@H]2[C@H](c3ccnc(Cl)c3F)[C@]3(C(=O)Nc4cc(Cl)ccc43)C3(CCCCC3)N2C)CC1. The zero-order valence-corrected chi connectivity index (χ0v) is 23.9. The molecule has 2 saturated carbocycles. The van der Waals surface area contributed by atoms with Crippen molar-refractivity contribution in [1.29, 1.82) is 0 Å². The molecule has 1 saturated heterocycles. The predicted octanol–water partition coefficient (Wildman–Crippen LogP) is 6.21. The Labute approximate surface area is 239 Å². The quantitative estimate of drug-likeness (QED) is 0.428. The van der Waals surface area contributed by atoms with Crippen LogP contribution < -0.4 is 10.6 Å². The van der Waals surface area contributed by atoms with Gasteiger partial charge >= 0.3 is 0 Å². The number of carbonyl (C=O) groups excluding carboxylic acids is 2. The fraction of sp³-hybridized carbons (Fsp3) is 0.567. The molecule has 2 aliphatic carbocycles. The summed E-state index contributed by atoms with van der Waals surface area (Å²) in [4.78, 5) is 34.9. The number of anilines is 1. The molecule has 0 radical (unpaired) electrons. The van der Waals surface area contributed by atoms with Gasteiger partial charge in [-0.05, 0) is 80.8 Å². The van der Waals surface area contributed by atoms with E-state index < -0.39 is 28.7 Å². The van der Waals surface area contributed by atoms with Gasteiger partial charge in [0, 0.05) is 34.4 Å². The summed E-state index contributed by atoms with van der Waals surface area (Å²) < 4.78 is 16.0. The second-order valence-electron chi connectivity index (χ2n) is 12.0. The monoisotopic (exact) mass is 572 g/mol. The van der Waals surface area contributed by atoms with Crippen molar-refractivity contribution < 1.29 is 14.0 Å². The lowest BCUT2D eigenvalue weighted by Gasteiger charge is -2.49. The van der Waals surface area contributed by atoms with E-state index in [0.717, 1.165) is 63.4 Å². The number of nitrogens with zero attached hydrogens (tertiary/aromatic N) is 2. The van der Waals surface area contributed by atoms with Crippen molar-refractivity contribution in [2.45, 2.75) is 93.7 Å². The first-order chi connectivity index (χ1) is 18.7. The molecule has 0 bridgehead atoms. The van der Waals surface area contributed by atoms with E-state index in [0.29, 0.717) is 16.6 Å². The lowest BCUT2D eigenvalue weighted by atomic mass is 9.55. The summed E-state index contributed by atoms with van der Waals surface area (Å²) in [5.41, 5.74) is -0.260. The van der Waals surface area contributed by atoms with Crippen LogP contribution >= 0.6 is 23.2 Å². The van der Waals surface area contributed by atoms with Crippen LogP contribution in [0.25, 0.3) is 0 Å².